The Bertz CT molecular complexity index is 1410. The van der Waals surface area contributed by atoms with E-state index >= 15 is 0 Å². The maximum absolute atomic E-state index is 11.4. The molecule has 0 spiro atoms. The number of hydrogen-bond donors (Lipinski definition) is 4. The highest BCUT2D eigenvalue weighted by Crippen LogP contribution is 2.26. The molecule has 0 aliphatic carbocycles. The molecule has 0 aliphatic rings. The fourth-order valence-corrected chi connectivity index (χ4v) is 3.42. The van der Waals surface area contributed by atoms with Gasteiger partial charge in [0.1, 0.15) is 5.69 Å². The molecule has 1 amide bonds. The average Bonchev–Trinajstić information content (AvgIpc) is 3.44. The Labute approximate surface area is 217 Å². The number of amidine groups is 1. The Morgan fingerprint density at radius 3 is 2.31 bits per heavy atom. The van der Waals surface area contributed by atoms with E-state index in [2.05, 4.69) is 46.3 Å². The van der Waals surface area contributed by atoms with Crippen molar-refractivity contribution in [2.75, 3.05) is 12.8 Å². The Morgan fingerprint density at radius 1 is 1.11 bits per heavy atom. The highest BCUT2D eigenvalue weighted by Gasteiger charge is 2.20. The number of aliphatic imine (C=N–C) groups is 1. The summed E-state index contributed by atoms with van der Waals surface area (Å²) in [6.45, 7) is 6.27. The van der Waals surface area contributed by atoms with Crippen molar-refractivity contribution in [3.63, 3.8) is 0 Å². The van der Waals surface area contributed by atoms with Gasteiger partial charge in [0.05, 0.1) is 33.2 Å². The third-order valence-corrected chi connectivity index (χ3v) is 5.53. The minimum absolute atomic E-state index is 0.155. The molecule has 36 heavy (non-hydrogen) atoms. The fourth-order valence-electron chi connectivity index (χ4n) is 3.03. The first-order valence-corrected chi connectivity index (χ1v) is 11.4. The van der Waals surface area contributed by atoms with Gasteiger partial charge in [-0.3, -0.25) is 19.9 Å². The van der Waals surface area contributed by atoms with Gasteiger partial charge in [0.15, 0.2) is 17.2 Å². The predicted molar refractivity (Wildman–Crippen MR) is 143 cm³/mol. The number of amides is 1. The molecule has 0 saturated carbocycles. The fraction of sp³-hybridized carbons (Fsp3) is 0.217. The molecule has 11 nitrogen and oxygen atoms in total. The summed E-state index contributed by atoms with van der Waals surface area (Å²) >= 11 is 11.2. The van der Waals surface area contributed by atoms with Gasteiger partial charge in [-0.25, -0.2) is 9.51 Å². The Hall–Kier alpha value is -3.96. The highest BCUT2D eigenvalue weighted by atomic mass is 35.5. The van der Waals surface area contributed by atoms with Gasteiger partial charge in [-0.15, -0.1) is 10.2 Å². The lowest BCUT2D eigenvalue weighted by Crippen LogP contribution is -2.36. The van der Waals surface area contributed by atoms with Crippen LogP contribution in [0.2, 0.25) is 10.0 Å². The van der Waals surface area contributed by atoms with E-state index in [0.29, 0.717) is 32.9 Å². The average molecular weight is 529 g/mol. The van der Waals surface area contributed by atoms with Crippen LogP contribution in [0.1, 0.15) is 20.8 Å². The summed E-state index contributed by atoms with van der Waals surface area (Å²) < 4.78 is 3.94. The van der Waals surface area contributed by atoms with Crippen LogP contribution < -0.4 is 16.8 Å². The van der Waals surface area contributed by atoms with E-state index in [1.807, 2.05) is 21.5 Å². The molecule has 4 rings (SSSR count). The van der Waals surface area contributed by atoms with E-state index in [1.165, 1.54) is 13.2 Å². The Balaban J connectivity index is 0.000000338. The predicted octanol–water partition coefficient (Wildman–Crippen LogP) is 3.68. The number of halogens is 2. The van der Waals surface area contributed by atoms with Crippen molar-refractivity contribution in [1.82, 2.24) is 29.7 Å². The number of hydrogen-bond acceptors (Lipinski definition) is 7. The molecule has 4 aromatic rings. The number of nitrogens with one attached hydrogen (secondary N) is 2. The van der Waals surface area contributed by atoms with Gasteiger partial charge in [-0.1, -0.05) is 29.3 Å². The van der Waals surface area contributed by atoms with E-state index in [9.17, 15) is 4.79 Å². The van der Waals surface area contributed by atoms with Crippen LogP contribution in [0.25, 0.3) is 17.2 Å². The van der Waals surface area contributed by atoms with Crippen LogP contribution in [0.4, 0.5) is 11.4 Å². The molecule has 0 bridgehead atoms. The summed E-state index contributed by atoms with van der Waals surface area (Å²) in [6, 6.07) is 10.5. The molecule has 1 aromatic carbocycles. The summed E-state index contributed by atoms with van der Waals surface area (Å²) in [4.78, 5) is 19.9. The SMILES string of the molecule is CNC(=O)C(=N)C(N)=Nc1ccc(-c2nnc3ccn(C(C)(C)C)n23)nc1.Nc1c(Cl)cccc1Cl. The van der Waals surface area contributed by atoms with Crippen molar-refractivity contribution in [3.8, 4) is 11.5 Å². The number of benzene rings is 1. The molecule has 188 valence electrons. The zero-order valence-electron chi connectivity index (χ0n) is 20.1. The zero-order chi connectivity index (χ0) is 26.6. The van der Waals surface area contributed by atoms with Crippen LogP contribution in [0.15, 0.2) is 53.8 Å². The molecule has 0 radical (unpaired) electrons. The number of nitrogen functional groups attached to an aromatic ring is 1. The Morgan fingerprint density at radius 2 is 1.78 bits per heavy atom. The minimum Gasteiger partial charge on any atom is -0.396 e. The molecule has 0 fully saturated rings. The number of anilines is 1. The van der Waals surface area contributed by atoms with Gasteiger partial charge in [-0.05, 0) is 45.0 Å². The van der Waals surface area contributed by atoms with Crippen LogP contribution in [0.5, 0.6) is 0 Å². The summed E-state index contributed by atoms with van der Waals surface area (Å²) in [5, 5.41) is 19.4. The number of carbonyl (C=O) groups is 1. The molecule has 13 heteroatoms. The molecule has 0 saturated heterocycles. The second-order valence-corrected chi connectivity index (χ2v) is 9.33. The molecular weight excluding hydrogens is 503 g/mol. The first-order valence-electron chi connectivity index (χ1n) is 10.7. The topological polar surface area (TPSA) is 165 Å². The molecule has 6 N–H and O–H groups in total. The van der Waals surface area contributed by atoms with Gasteiger partial charge in [0.2, 0.25) is 5.82 Å². The zero-order valence-corrected chi connectivity index (χ0v) is 21.6. The maximum Gasteiger partial charge on any atom is 0.272 e. The van der Waals surface area contributed by atoms with E-state index < -0.39 is 11.6 Å². The number of rotatable bonds is 4. The number of aromatic nitrogens is 5. The molecule has 0 unspecified atom stereocenters. The second-order valence-electron chi connectivity index (χ2n) is 8.51. The van der Waals surface area contributed by atoms with Crippen molar-refractivity contribution in [3.05, 3.63) is 58.8 Å². The van der Waals surface area contributed by atoms with Crippen LogP contribution in [0, 0.1) is 5.41 Å². The van der Waals surface area contributed by atoms with Gasteiger partial charge in [-0.2, -0.15) is 0 Å². The first-order chi connectivity index (χ1) is 16.9. The van der Waals surface area contributed by atoms with Crippen LogP contribution >= 0.6 is 23.2 Å². The monoisotopic (exact) mass is 528 g/mol. The Kier molecular flexibility index (Phi) is 7.96. The second kappa shape index (κ2) is 10.8. The van der Waals surface area contributed by atoms with Gasteiger partial charge < -0.3 is 16.8 Å². The smallest absolute Gasteiger partial charge is 0.272 e. The summed E-state index contributed by atoms with van der Waals surface area (Å²) in [7, 11) is 1.42. The van der Waals surface area contributed by atoms with Crippen molar-refractivity contribution < 1.29 is 4.79 Å². The van der Waals surface area contributed by atoms with Crippen LogP contribution in [-0.2, 0) is 10.3 Å². The molecule has 3 aromatic heterocycles. The van der Waals surface area contributed by atoms with Crippen molar-refractivity contribution in [1.29, 1.82) is 5.41 Å². The van der Waals surface area contributed by atoms with Gasteiger partial charge in [0, 0.05) is 19.3 Å². The lowest BCUT2D eigenvalue weighted by molar-refractivity contribution is -0.114. The summed E-state index contributed by atoms with van der Waals surface area (Å²) in [5.41, 5.74) is 12.8. The van der Waals surface area contributed by atoms with Crippen molar-refractivity contribution >= 4 is 57.7 Å². The van der Waals surface area contributed by atoms with E-state index in [1.54, 1.807) is 30.3 Å². The first kappa shape index (κ1) is 26.6. The quantitative estimate of drug-likeness (QED) is 0.179. The lowest BCUT2D eigenvalue weighted by atomic mass is 10.1. The molecule has 0 atom stereocenters. The van der Waals surface area contributed by atoms with Crippen LogP contribution in [-0.4, -0.2) is 48.9 Å². The molecule has 3 heterocycles. The number of pyridine rings is 1. The minimum atomic E-state index is -0.602. The molecular formula is C23H26Cl2N10O. The van der Waals surface area contributed by atoms with E-state index in [-0.39, 0.29) is 11.4 Å². The number of fused-ring (bicyclic) bond motifs is 1. The van der Waals surface area contributed by atoms with E-state index in [4.69, 9.17) is 40.1 Å². The van der Waals surface area contributed by atoms with Crippen molar-refractivity contribution in [2.45, 2.75) is 26.3 Å². The molecule has 0 aliphatic heterocycles. The number of carbonyl (C=O) groups excluding carboxylic acids is 1. The lowest BCUT2D eigenvalue weighted by Gasteiger charge is -2.22. The van der Waals surface area contributed by atoms with E-state index in [0.717, 1.165) is 5.65 Å². The van der Waals surface area contributed by atoms with Crippen LogP contribution in [0.3, 0.4) is 0 Å². The number of para-hydroxylation sites is 1. The van der Waals surface area contributed by atoms with Crippen molar-refractivity contribution in [2.24, 2.45) is 10.7 Å². The van der Waals surface area contributed by atoms with Gasteiger partial charge in [0.25, 0.3) is 5.91 Å². The normalized spacial score (nSPS) is 11.7. The number of nitrogens with two attached hydrogens (primary N) is 2. The third-order valence-electron chi connectivity index (χ3n) is 4.87. The maximum atomic E-state index is 11.4. The third kappa shape index (κ3) is 5.81. The number of nitrogens with zero attached hydrogens (tertiary/aromatic N) is 6. The summed E-state index contributed by atoms with van der Waals surface area (Å²) in [6.07, 6.45) is 3.46. The van der Waals surface area contributed by atoms with Gasteiger partial charge >= 0.3 is 0 Å². The largest absolute Gasteiger partial charge is 0.396 e. The summed E-state index contributed by atoms with van der Waals surface area (Å²) in [5.74, 6) is -0.184. The highest BCUT2D eigenvalue weighted by molar-refractivity contribution is 6.65. The standard InChI is InChI=1S/C17H21N9O.C6H5Cl2N/c1-17(2,3)25-8-7-12-23-24-15(26(12)25)11-6-5-10(9-21-11)22-14(19)13(18)16(27)20-4;7-4-2-1-3-5(8)6(4)9/h5-9,18H,1-4H3,(H2,19,22)(H,20,27);1-3H,9H2.